The van der Waals surface area contributed by atoms with Gasteiger partial charge in [-0.1, -0.05) is 122 Å². The molecule has 2 fully saturated rings. The number of fused-ring (bicyclic) bond motifs is 10. The quantitative estimate of drug-likeness (QED) is 0.285. The Balaban J connectivity index is 1.04. The second kappa shape index (κ2) is 13.1. The molecule has 3 heteroatoms. The third-order valence-corrected chi connectivity index (χ3v) is 18.5. The van der Waals surface area contributed by atoms with Gasteiger partial charge in [0.2, 0.25) is 0 Å². The molecular formula is C50H55NS2. The van der Waals surface area contributed by atoms with E-state index < -0.39 is 0 Å². The zero-order chi connectivity index (χ0) is 35.1. The summed E-state index contributed by atoms with van der Waals surface area (Å²) in [7, 11) is 0. The molecule has 1 saturated heterocycles. The highest BCUT2D eigenvalue weighted by Crippen LogP contribution is 2.71. The molecule has 1 nitrogen and oxygen atoms in total. The average Bonchev–Trinajstić information content (AvgIpc) is 3.56. The van der Waals surface area contributed by atoms with E-state index in [0.717, 1.165) is 18.8 Å². The molecule has 0 radical (unpaired) electrons. The van der Waals surface area contributed by atoms with Crippen molar-refractivity contribution in [3.63, 3.8) is 0 Å². The van der Waals surface area contributed by atoms with Crippen molar-refractivity contribution in [3.8, 4) is 0 Å². The summed E-state index contributed by atoms with van der Waals surface area (Å²) in [6, 6.07) is 10.3. The Morgan fingerprint density at radius 1 is 0.811 bits per heavy atom. The molecule has 0 bridgehead atoms. The summed E-state index contributed by atoms with van der Waals surface area (Å²) >= 11 is 4.52. The highest BCUT2D eigenvalue weighted by molar-refractivity contribution is 8.03. The molecule has 272 valence electrons. The Morgan fingerprint density at radius 2 is 1.74 bits per heavy atom. The minimum atomic E-state index is 0.00738. The van der Waals surface area contributed by atoms with Crippen LogP contribution in [0.5, 0.6) is 0 Å². The van der Waals surface area contributed by atoms with Gasteiger partial charge in [-0.05, 0) is 134 Å². The van der Waals surface area contributed by atoms with Gasteiger partial charge in [0.1, 0.15) is 0 Å². The summed E-state index contributed by atoms with van der Waals surface area (Å²) < 4.78 is 0. The van der Waals surface area contributed by atoms with E-state index in [1.54, 1.807) is 37.9 Å². The van der Waals surface area contributed by atoms with Gasteiger partial charge in [-0.3, -0.25) is 0 Å². The Kier molecular flexibility index (Phi) is 8.28. The maximum atomic E-state index is 2.87. The minimum absolute atomic E-state index is 0.00738. The predicted octanol–water partition coefficient (Wildman–Crippen LogP) is 13.0. The summed E-state index contributed by atoms with van der Waals surface area (Å²) in [5.41, 5.74) is 8.48. The SMILES string of the molecule is CC1(C2=CCCC3=C2N(C2=CC=CCC2)C2C=CCCC32)C=CC2SC3CC(C4C=CC=CC4)CCC3C3(c4ccccc4SC4=CC=CCC43)C2C1. The first-order valence-corrected chi connectivity index (χ1v) is 23.0. The van der Waals surface area contributed by atoms with E-state index in [-0.39, 0.29) is 10.8 Å². The largest absolute Gasteiger partial charge is 0.337 e. The van der Waals surface area contributed by atoms with Crippen molar-refractivity contribution in [2.45, 2.75) is 111 Å². The summed E-state index contributed by atoms with van der Waals surface area (Å²) in [5.74, 6) is 4.06. The number of allylic oxidation sites excluding steroid dienone is 16. The predicted molar refractivity (Wildman–Crippen MR) is 225 cm³/mol. The molecule has 10 aliphatic rings. The molecular weight excluding hydrogens is 679 g/mol. The number of hydrogen-bond acceptors (Lipinski definition) is 3. The minimum Gasteiger partial charge on any atom is -0.337 e. The molecule has 0 N–H and O–H groups in total. The van der Waals surface area contributed by atoms with Crippen molar-refractivity contribution in [2.24, 2.45) is 40.9 Å². The molecule has 1 spiro atoms. The summed E-state index contributed by atoms with van der Waals surface area (Å²) in [6.07, 6.45) is 52.5. The van der Waals surface area contributed by atoms with Crippen LogP contribution in [0, 0.1) is 40.9 Å². The second-order valence-electron chi connectivity index (χ2n) is 18.1. The summed E-state index contributed by atoms with van der Waals surface area (Å²) in [4.78, 5) is 6.06. The van der Waals surface area contributed by atoms with E-state index in [4.69, 9.17) is 0 Å². The molecule has 11 atom stereocenters. The summed E-state index contributed by atoms with van der Waals surface area (Å²) in [5, 5.41) is 1.27. The van der Waals surface area contributed by atoms with Gasteiger partial charge in [-0.15, -0.1) is 0 Å². The number of benzene rings is 1. The van der Waals surface area contributed by atoms with E-state index in [9.17, 15) is 0 Å². The van der Waals surface area contributed by atoms with E-state index in [1.807, 2.05) is 0 Å². The van der Waals surface area contributed by atoms with Gasteiger partial charge in [0, 0.05) is 49.5 Å². The molecule has 0 amide bonds. The molecule has 3 heterocycles. The van der Waals surface area contributed by atoms with Crippen LogP contribution in [0.1, 0.15) is 89.5 Å². The second-order valence-corrected chi connectivity index (χ2v) is 20.6. The van der Waals surface area contributed by atoms with E-state index in [0.29, 0.717) is 46.1 Å². The van der Waals surface area contributed by atoms with Gasteiger partial charge in [-0.2, -0.15) is 11.8 Å². The van der Waals surface area contributed by atoms with E-state index in [2.05, 4.69) is 151 Å². The molecule has 11 rings (SSSR count). The third kappa shape index (κ3) is 5.11. The maximum absolute atomic E-state index is 2.87. The normalized spacial score (nSPS) is 41.9. The fourth-order valence-electron chi connectivity index (χ4n) is 13.5. The van der Waals surface area contributed by atoms with Crippen LogP contribution >= 0.6 is 23.5 Å². The first-order chi connectivity index (χ1) is 26.1. The maximum Gasteiger partial charge on any atom is 0.0585 e. The lowest BCUT2D eigenvalue weighted by Crippen LogP contribution is -2.62. The molecule has 1 aromatic carbocycles. The van der Waals surface area contributed by atoms with Gasteiger partial charge in [-0.25, -0.2) is 0 Å². The Morgan fingerprint density at radius 3 is 2.64 bits per heavy atom. The van der Waals surface area contributed by atoms with Crippen molar-refractivity contribution in [3.05, 3.63) is 148 Å². The summed E-state index contributed by atoms with van der Waals surface area (Å²) in [6.45, 7) is 2.66. The number of hydrogen-bond donors (Lipinski definition) is 0. The Labute approximate surface area is 327 Å². The van der Waals surface area contributed by atoms with Crippen LogP contribution < -0.4 is 0 Å². The molecule has 7 aliphatic carbocycles. The first-order valence-electron chi connectivity index (χ1n) is 21.2. The van der Waals surface area contributed by atoms with Crippen molar-refractivity contribution >= 4 is 23.5 Å². The van der Waals surface area contributed by atoms with Crippen molar-refractivity contribution in [1.29, 1.82) is 0 Å². The standard InChI is InChI=1S/C50H55NS2/c1-49(41-23-14-20-37-36-19-8-11-24-43(36)51(48(37)41)35-17-6-3-7-18-35)30-29-46-42(32-49)50(38-21-9-12-25-44(38)52-45-26-13-10-22-39(45)50)40-28-27-34(31-47(40)53-46)33-15-4-2-5-16-33/h2-6,9-13,15,17,21,23-26,29-30,33-34,36,39-40,42-43,46-47H,7-8,14,16,18-20,22,27-28,31-32H2,1H3. The monoisotopic (exact) mass is 733 g/mol. The number of nitrogens with zero attached hydrogens (tertiary/aromatic N) is 1. The highest BCUT2D eigenvalue weighted by Gasteiger charge is 2.64. The Hall–Kier alpha value is -2.88. The number of rotatable bonds is 3. The van der Waals surface area contributed by atoms with E-state index >= 15 is 0 Å². The molecule has 0 aromatic heterocycles. The van der Waals surface area contributed by atoms with Gasteiger partial charge in [0.15, 0.2) is 0 Å². The van der Waals surface area contributed by atoms with E-state index in [1.165, 1.54) is 64.2 Å². The van der Waals surface area contributed by atoms with Gasteiger partial charge < -0.3 is 4.90 Å². The van der Waals surface area contributed by atoms with Crippen LogP contribution in [0.15, 0.2) is 148 Å². The fraction of sp³-hybridized carbons (Fsp3) is 0.480. The lowest BCUT2D eigenvalue weighted by molar-refractivity contribution is 0.0388. The highest BCUT2D eigenvalue weighted by atomic mass is 32.2. The fourth-order valence-corrected chi connectivity index (χ4v) is 16.8. The van der Waals surface area contributed by atoms with Crippen molar-refractivity contribution in [2.75, 3.05) is 0 Å². The topological polar surface area (TPSA) is 3.24 Å². The van der Waals surface area contributed by atoms with Crippen LogP contribution in [0.25, 0.3) is 0 Å². The zero-order valence-corrected chi connectivity index (χ0v) is 33.0. The van der Waals surface area contributed by atoms with Gasteiger partial charge in [0.05, 0.1) is 6.04 Å². The molecule has 3 aliphatic heterocycles. The van der Waals surface area contributed by atoms with Crippen LogP contribution in [0.2, 0.25) is 0 Å². The zero-order valence-electron chi connectivity index (χ0n) is 31.4. The van der Waals surface area contributed by atoms with Crippen molar-refractivity contribution in [1.82, 2.24) is 4.90 Å². The van der Waals surface area contributed by atoms with Gasteiger partial charge >= 0.3 is 0 Å². The van der Waals surface area contributed by atoms with Gasteiger partial charge in [0.25, 0.3) is 0 Å². The van der Waals surface area contributed by atoms with Crippen LogP contribution in [-0.4, -0.2) is 21.4 Å². The van der Waals surface area contributed by atoms with Crippen LogP contribution in [0.3, 0.4) is 0 Å². The average molecular weight is 734 g/mol. The van der Waals surface area contributed by atoms with Crippen LogP contribution in [-0.2, 0) is 5.41 Å². The third-order valence-electron chi connectivity index (χ3n) is 15.6. The molecule has 53 heavy (non-hydrogen) atoms. The lowest BCUT2D eigenvalue weighted by Gasteiger charge is -2.65. The van der Waals surface area contributed by atoms with Crippen LogP contribution in [0.4, 0.5) is 0 Å². The first kappa shape index (κ1) is 33.5. The number of thioether (sulfide) groups is 2. The molecule has 11 unspecified atom stereocenters. The molecule has 1 saturated carbocycles. The Bertz CT molecular complexity index is 2000. The smallest absolute Gasteiger partial charge is 0.0585 e. The molecule has 1 aromatic rings. The van der Waals surface area contributed by atoms with Crippen molar-refractivity contribution < 1.29 is 0 Å². The lowest BCUT2D eigenvalue weighted by atomic mass is 9.47.